The quantitative estimate of drug-likeness (QED) is 0.448. The Hall–Kier alpha value is -2.67. The summed E-state index contributed by atoms with van der Waals surface area (Å²) < 4.78 is 2.30. The Bertz CT molecular complexity index is 1040. The highest BCUT2D eigenvalue weighted by Gasteiger charge is 2.23. The van der Waals surface area contributed by atoms with Crippen molar-refractivity contribution in [2.45, 2.75) is 65.5 Å². The molecule has 0 saturated carbocycles. The zero-order chi connectivity index (χ0) is 22.5. The number of aromatic nitrogens is 2. The monoisotopic (exact) mass is 441 g/mol. The van der Waals surface area contributed by atoms with Crippen molar-refractivity contribution in [2.75, 3.05) is 0 Å². The van der Waals surface area contributed by atoms with Crippen LogP contribution in [0.4, 0.5) is 0 Å². The topological polar surface area (TPSA) is 84.2 Å². The average Bonchev–Trinajstić information content (AvgIpc) is 3.36. The number of nitrogens with one attached hydrogen (secondary N) is 1. The van der Waals surface area contributed by atoms with Crippen molar-refractivity contribution >= 4 is 34.2 Å². The number of rotatable bonds is 10. The van der Waals surface area contributed by atoms with Gasteiger partial charge in [-0.25, -0.2) is 9.78 Å². The van der Waals surface area contributed by atoms with Crippen molar-refractivity contribution in [2.24, 2.45) is 5.92 Å². The normalized spacial score (nSPS) is 12.6. The first-order chi connectivity index (χ1) is 14.8. The van der Waals surface area contributed by atoms with Crippen LogP contribution in [0.3, 0.4) is 0 Å². The molecule has 7 heteroatoms. The molecule has 2 N–H and O–H groups in total. The van der Waals surface area contributed by atoms with Crippen LogP contribution in [0, 0.1) is 5.92 Å². The molecule has 0 radical (unpaired) electrons. The molecule has 0 saturated heterocycles. The molecule has 2 aromatic heterocycles. The molecule has 3 aromatic rings. The van der Waals surface area contributed by atoms with E-state index in [0.29, 0.717) is 18.0 Å². The summed E-state index contributed by atoms with van der Waals surface area (Å²) in [6, 6.07) is 7.02. The van der Waals surface area contributed by atoms with E-state index < -0.39 is 12.0 Å². The van der Waals surface area contributed by atoms with Crippen LogP contribution < -0.4 is 5.32 Å². The highest BCUT2D eigenvalue weighted by molar-refractivity contribution is 7.07. The Kier molecular flexibility index (Phi) is 7.49. The van der Waals surface area contributed by atoms with Gasteiger partial charge in [0, 0.05) is 18.0 Å². The van der Waals surface area contributed by atoms with Crippen molar-refractivity contribution in [1.82, 2.24) is 14.9 Å². The number of hydrogen-bond acceptors (Lipinski definition) is 4. The number of imidazole rings is 1. The lowest BCUT2D eigenvalue weighted by molar-refractivity contribution is -0.139. The molecule has 31 heavy (non-hydrogen) atoms. The lowest BCUT2D eigenvalue weighted by Gasteiger charge is -2.19. The van der Waals surface area contributed by atoms with Gasteiger partial charge in [-0.2, -0.15) is 11.3 Å². The van der Waals surface area contributed by atoms with Crippen molar-refractivity contribution < 1.29 is 14.7 Å². The molecule has 0 aliphatic heterocycles. The number of nitrogens with zero attached hydrogens (tertiary/aromatic N) is 2. The van der Waals surface area contributed by atoms with Gasteiger partial charge in [0.25, 0.3) is 5.91 Å². The largest absolute Gasteiger partial charge is 0.480 e. The van der Waals surface area contributed by atoms with Gasteiger partial charge in [-0.3, -0.25) is 4.79 Å². The van der Waals surface area contributed by atoms with Gasteiger partial charge < -0.3 is 15.0 Å². The van der Waals surface area contributed by atoms with Crippen molar-refractivity contribution in [1.29, 1.82) is 0 Å². The van der Waals surface area contributed by atoms with Gasteiger partial charge in [0.05, 0.1) is 11.0 Å². The smallest absolute Gasteiger partial charge is 0.326 e. The van der Waals surface area contributed by atoms with Crippen LogP contribution >= 0.6 is 11.3 Å². The van der Waals surface area contributed by atoms with E-state index in [4.69, 9.17) is 4.98 Å². The van der Waals surface area contributed by atoms with E-state index >= 15 is 0 Å². The molecule has 1 atom stereocenters. The highest BCUT2D eigenvalue weighted by Crippen LogP contribution is 2.28. The van der Waals surface area contributed by atoms with Gasteiger partial charge >= 0.3 is 5.97 Å². The molecule has 6 nitrogen and oxygen atoms in total. The minimum atomic E-state index is -1.01. The molecule has 166 valence electrons. The van der Waals surface area contributed by atoms with Gasteiger partial charge in [-0.15, -0.1) is 0 Å². The maximum atomic E-state index is 12.8. The highest BCUT2D eigenvalue weighted by atomic mass is 32.1. The fourth-order valence-electron chi connectivity index (χ4n) is 3.99. The second-order valence-electron chi connectivity index (χ2n) is 8.37. The summed E-state index contributed by atoms with van der Waals surface area (Å²) in [6.07, 6.45) is 3.12. The number of carbonyl (C=O) groups is 2. The zero-order valence-electron chi connectivity index (χ0n) is 18.6. The van der Waals surface area contributed by atoms with E-state index in [1.165, 1.54) is 5.56 Å². The lowest BCUT2D eigenvalue weighted by atomic mass is 10.0. The Morgan fingerprint density at radius 1 is 1.19 bits per heavy atom. The molecular formula is C24H31N3O3S. The predicted molar refractivity (Wildman–Crippen MR) is 125 cm³/mol. The summed E-state index contributed by atoms with van der Waals surface area (Å²) in [4.78, 5) is 29.2. The molecule has 0 aliphatic carbocycles. The van der Waals surface area contributed by atoms with E-state index in [-0.39, 0.29) is 11.8 Å². The summed E-state index contributed by atoms with van der Waals surface area (Å²) in [7, 11) is 0. The van der Waals surface area contributed by atoms with E-state index in [9.17, 15) is 14.7 Å². The minimum absolute atomic E-state index is 0.166. The van der Waals surface area contributed by atoms with Crippen LogP contribution in [0.2, 0.25) is 0 Å². The molecule has 0 bridgehead atoms. The van der Waals surface area contributed by atoms with Gasteiger partial charge in [0.1, 0.15) is 11.9 Å². The Labute approximate surface area is 187 Å². The number of hydrogen-bond donors (Lipinski definition) is 2. The number of thiophene rings is 1. The second-order valence-corrected chi connectivity index (χ2v) is 9.15. The van der Waals surface area contributed by atoms with Gasteiger partial charge in [0.15, 0.2) is 0 Å². The Morgan fingerprint density at radius 3 is 2.52 bits per heavy atom. The molecular weight excluding hydrogens is 410 g/mol. The maximum absolute atomic E-state index is 12.8. The molecule has 0 aliphatic rings. The maximum Gasteiger partial charge on any atom is 0.326 e. The Balaban J connectivity index is 1.96. The van der Waals surface area contributed by atoms with Crippen LogP contribution in [0.15, 0.2) is 35.0 Å². The molecule has 2 heterocycles. The van der Waals surface area contributed by atoms with Crippen LogP contribution in [-0.2, 0) is 11.2 Å². The summed E-state index contributed by atoms with van der Waals surface area (Å²) in [6.45, 7) is 8.23. The van der Waals surface area contributed by atoms with Crippen LogP contribution in [0.25, 0.3) is 11.0 Å². The van der Waals surface area contributed by atoms with Gasteiger partial charge in [-0.05, 0) is 65.8 Å². The first kappa shape index (κ1) is 23.0. The third-order valence-electron chi connectivity index (χ3n) is 5.59. The number of carboxylic acid groups (broad SMARTS) is 1. The number of fused-ring (bicyclic) bond motifs is 1. The number of aliphatic carboxylic acids is 1. The van der Waals surface area contributed by atoms with E-state index in [1.807, 2.05) is 19.9 Å². The average molecular weight is 442 g/mol. The fourth-order valence-corrected chi connectivity index (χ4v) is 4.65. The summed E-state index contributed by atoms with van der Waals surface area (Å²) >= 11 is 1.67. The zero-order valence-corrected chi connectivity index (χ0v) is 19.4. The summed E-state index contributed by atoms with van der Waals surface area (Å²) in [5.74, 6) is -0.243. The third kappa shape index (κ3) is 5.34. The van der Waals surface area contributed by atoms with Crippen molar-refractivity contribution in [3.05, 3.63) is 52.0 Å². The molecule has 1 aromatic carbocycles. The molecule has 1 unspecified atom stereocenters. The van der Waals surface area contributed by atoms with E-state index in [2.05, 4.69) is 40.6 Å². The van der Waals surface area contributed by atoms with Crippen molar-refractivity contribution in [3.63, 3.8) is 0 Å². The number of benzene rings is 1. The lowest BCUT2D eigenvalue weighted by Crippen LogP contribution is -2.41. The van der Waals surface area contributed by atoms with E-state index in [0.717, 1.165) is 36.1 Å². The summed E-state index contributed by atoms with van der Waals surface area (Å²) in [5.41, 5.74) is 3.43. The summed E-state index contributed by atoms with van der Waals surface area (Å²) in [5, 5.41) is 16.3. The molecule has 1 amide bonds. The SMILES string of the molecule is CCC(CC)n1c(Cc2ccsc2)nc2cc(C(=O)NC(CC(C)C)C(=O)O)ccc21. The number of carboxylic acids is 1. The number of amides is 1. The third-order valence-corrected chi connectivity index (χ3v) is 6.32. The van der Waals surface area contributed by atoms with Crippen LogP contribution in [0.5, 0.6) is 0 Å². The molecule has 3 rings (SSSR count). The first-order valence-corrected chi connectivity index (χ1v) is 11.8. The van der Waals surface area contributed by atoms with Crippen LogP contribution in [-0.4, -0.2) is 32.6 Å². The van der Waals surface area contributed by atoms with E-state index in [1.54, 1.807) is 23.5 Å². The second kappa shape index (κ2) is 10.1. The predicted octanol–water partition coefficient (Wildman–Crippen LogP) is 5.28. The first-order valence-electron chi connectivity index (χ1n) is 10.9. The van der Waals surface area contributed by atoms with Gasteiger partial charge in [-0.1, -0.05) is 27.7 Å². The van der Waals surface area contributed by atoms with Crippen LogP contribution in [0.1, 0.15) is 74.7 Å². The molecule has 0 fully saturated rings. The van der Waals surface area contributed by atoms with Crippen molar-refractivity contribution in [3.8, 4) is 0 Å². The standard InChI is InChI=1S/C24H31N3O3S/c1-5-18(6-2)27-21-8-7-17(23(28)26-20(24(29)30)11-15(3)4)13-19(21)25-22(27)12-16-9-10-31-14-16/h7-10,13-15,18,20H,5-6,11-12H2,1-4H3,(H,26,28)(H,29,30). The van der Waals surface area contributed by atoms with Gasteiger partial charge in [0.2, 0.25) is 0 Å². The Morgan fingerprint density at radius 2 is 1.94 bits per heavy atom. The fraction of sp³-hybridized carbons (Fsp3) is 0.458. The molecule has 0 spiro atoms. The number of carbonyl (C=O) groups excluding carboxylic acids is 1. The minimum Gasteiger partial charge on any atom is -0.480 e.